The van der Waals surface area contributed by atoms with Crippen molar-refractivity contribution in [3.63, 3.8) is 0 Å². The van der Waals surface area contributed by atoms with Gasteiger partial charge in [-0.15, -0.1) is 0 Å². The molecule has 1 aromatic heterocycles. The van der Waals surface area contributed by atoms with Crippen LogP contribution in [0.4, 0.5) is 10.5 Å². The molecule has 0 unspecified atom stereocenters. The van der Waals surface area contributed by atoms with Gasteiger partial charge in [0.05, 0.1) is 13.7 Å². The molecule has 0 spiro atoms. The van der Waals surface area contributed by atoms with E-state index in [1.165, 1.54) is 24.8 Å². The Hall–Kier alpha value is -3.21. The van der Waals surface area contributed by atoms with Crippen molar-refractivity contribution in [2.45, 2.75) is 51.2 Å². The summed E-state index contributed by atoms with van der Waals surface area (Å²) in [5.41, 5.74) is 3.14. The minimum absolute atomic E-state index is 0.0211. The van der Waals surface area contributed by atoms with Crippen LogP contribution in [0.25, 0.3) is 0 Å². The Kier molecular flexibility index (Phi) is 6.92. The van der Waals surface area contributed by atoms with Gasteiger partial charge in [-0.25, -0.2) is 4.79 Å². The zero-order valence-corrected chi connectivity index (χ0v) is 18.2. The highest BCUT2D eigenvalue weighted by molar-refractivity contribution is 5.89. The van der Waals surface area contributed by atoms with Gasteiger partial charge in [0.2, 0.25) is 0 Å². The second kappa shape index (κ2) is 10.2. The first-order valence-corrected chi connectivity index (χ1v) is 11.1. The zero-order chi connectivity index (χ0) is 21.5. The van der Waals surface area contributed by atoms with Gasteiger partial charge in [-0.1, -0.05) is 49.6 Å². The van der Waals surface area contributed by atoms with Gasteiger partial charge >= 0.3 is 6.03 Å². The molecule has 1 fully saturated rings. The van der Waals surface area contributed by atoms with Crippen LogP contribution >= 0.6 is 0 Å². The maximum atomic E-state index is 13.3. The Balaban J connectivity index is 1.53. The smallest absolute Gasteiger partial charge is 0.322 e. The molecule has 31 heavy (non-hydrogen) atoms. The van der Waals surface area contributed by atoms with E-state index in [9.17, 15) is 4.79 Å². The third kappa shape index (κ3) is 5.48. The van der Waals surface area contributed by atoms with Gasteiger partial charge in [0.15, 0.2) is 0 Å². The highest BCUT2D eigenvalue weighted by atomic mass is 16.5. The van der Waals surface area contributed by atoms with Crippen molar-refractivity contribution in [3.8, 4) is 5.75 Å². The number of urea groups is 1. The lowest BCUT2D eigenvalue weighted by molar-refractivity contribution is 0.161. The lowest BCUT2D eigenvalue weighted by Gasteiger charge is -2.34. The number of methoxy groups -OCH3 is 1. The van der Waals surface area contributed by atoms with E-state index in [0.29, 0.717) is 6.54 Å². The fourth-order valence-corrected chi connectivity index (χ4v) is 4.37. The Morgan fingerprint density at radius 2 is 1.84 bits per heavy atom. The third-order valence-corrected chi connectivity index (χ3v) is 6.04. The predicted octanol–water partition coefficient (Wildman–Crippen LogP) is 5.91. The number of hydrogen-bond donors (Lipinski definition) is 1. The molecule has 4 rings (SSSR count). The van der Waals surface area contributed by atoms with Crippen LogP contribution in [0, 0.1) is 0 Å². The Labute approximate surface area is 184 Å². The topological polar surface area (TPSA) is 46.5 Å². The van der Waals surface area contributed by atoms with Gasteiger partial charge in [-0.3, -0.25) is 0 Å². The maximum Gasteiger partial charge on any atom is 0.322 e. The number of amides is 2. The molecule has 1 aliphatic carbocycles. The predicted molar refractivity (Wildman–Crippen MR) is 124 cm³/mol. The first kappa shape index (κ1) is 21.0. The van der Waals surface area contributed by atoms with E-state index in [4.69, 9.17) is 4.74 Å². The largest absolute Gasteiger partial charge is 0.497 e. The lowest BCUT2D eigenvalue weighted by atomic mass is 9.94. The van der Waals surface area contributed by atoms with Crippen molar-refractivity contribution in [1.29, 1.82) is 0 Å². The van der Waals surface area contributed by atoms with Crippen LogP contribution < -0.4 is 10.1 Å². The number of hydrogen-bond acceptors (Lipinski definition) is 2. The number of rotatable bonds is 7. The van der Waals surface area contributed by atoms with Gasteiger partial charge in [0.1, 0.15) is 5.75 Å². The van der Waals surface area contributed by atoms with Crippen molar-refractivity contribution in [2.24, 2.45) is 0 Å². The van der Waals surface area contributed by atoms with Gasteiger partial charge in [-0.05, 0) is 54.8 Å². The Bertz CT molecular complexity index is 977. The van der Waals surface area contributed by atoms with Crippen molar-refractivity contribution in [1.82, 2.24) is 9.47 Å². The summed E-state index contributed by atoms with van der Waals surface area (Å²) in [4.78, 5) is 15.3. The second-order valence-corrected chi connectivity index (χ2v) is 8.19. The average molecular weight is 418 g/mol. The SMILES string of the molecule is COc1cccc(Cn2cccc2CN(C(=O)Nc2ccccc2)C2CCCCC2)c1. The number of carbonyl (C=O) groups excluding carboxylic acids is 1. The summed E-state index contributed by atoms with van der Waals surface area (Å²) in [7, 11) is 1.69. The standard InChI is InChI=1S/C26H31N3O2/c1-31-25-16-8-10-21(18-25)19-28-17-9-15-24(28)20-29(23-13-6-3-7-14-23)26(30)27-22-11-4-2-5-12-22/h2,4-5,8-12,15-18,23H,3,6-7,13-14,19-20H2,1H3,(H,27,30). The molecule has 3 aromatic rings. The monoisotopic (exact) mass is 417 g/mol. The van der Waals surface area contributed by atoms with Crippen LogP contribution in [0.3, 0.4) is 0 Å². The molecular formula is C26H31N3O2. The molecule has 1 N–H and O–H groups in total. The fraction of sp³-hybridized carbons (Fsp3) is 0.346. The maximum absolute atomic E-state index is 13.3. The van der Waals surface area contributed by atoms with Gasteiger partial charge < -0.3 is 19.5 Å². The summed E-state index contributed by atoms with van der Waals surface area (Å²) >= 11 is 0. The summed E-state index contributed by atoms with van der Waals surface area (Å²) in [5.74, 6) is 0.859. The van der Waals surface area contributed by atoms with Crippen molar-refractivity contribution >= 4 is 11.7 Å². The van der Waals surface area contributed by atoms with E-state index < -0.39 is 0 Å². The first-order valence-electron chi connectivity index (χ1n) is 11.1. The molecule has 1 saturated carbocycles. The number of aromatic nitrogens is 1. The molecule has 0 atom stereocenters. The molecule has 0 bridgehead atoms. The van der Waals surface area contributed by atoms with Crippen molar-refractivity contribution < 1.29 is 9.53 Å². The van der Waals surface area contributed by atoms with E-state index in [1.54, 1.807) is 7.11 Å². The Morgan fingerprint density at radius 1 is 1.03 bits per heavy atom. The molecule has 162 valence electrons. The van der Waals surface area contributed by atoms with E-state index >= 15 is 0 Å². The van der Waals surface area contributed by atoms with Gasteiger partial charge in [-0.2, -0.15) is 0 Å². The number of ether oxygens (including phenoxy) is 1. The Morgan fingerprint density at radius 3 is 2.61 bits per heavy atom. The summed E-state index contributed by atoms with van der Waals surface area (Å²) in [6, 6.07) is 22.3. The number of nitrogens with zero attached hydrogens (tertiary/aromatic N) is 2. The summed E-state index contributed by atoms with van der Waals surface area (Å²) in [5, 5.41) is 3.10. The fourth-order valence-electron chi connectivity index (χ4n) is 4.37. The number of anilines is 1. The van der Waals surface area contributed by atoms with Gasteiger partial charge in [0.25, 0.3) is 0 Å². The van der Waals surface area contributed by atoms with Crippen LogP contribution in [0.15, 0.2) is 72.9 Å². The average Bonchev–Trinajstić information content (AvgIpc) is 3.25. The zero-order valence-electron chi connectivity index (χ0n) is 18.2. The molecule has 0 saturated heterocycles. The van der Waals surface area contributed by atoms with Crippen LogP contribution in [-0.4, -0.2) is 28.6 Å². The van der Waals surface area contributed by atoms with Crippen LogP contribution in [0.1, 0.15) is 43.4 Å². The first-order chi connectivity index (χ1) is 15.2. The van der Waals surface area contributed by atoms with E-state index in [2.05, 4.69) is 40.3 Å². The molecular weight excluding hydrogens is 386 g/mol. The number of nitrogens with one attached hydrogen (secondary N) is 1. The summed E-state index contributed by atoms with van der Waals surface area (Å²) in [6.07, 6.45) is 7.85. The molecule has 2 amide bonds. The summed E-state index contributed by atoms with van der Waals surface area (Å²) in [6.45, 7) is 1.35. The van der Waals surface area contributed by atoms with E-state index in [1.807, 2.05) is 47.4 Å². The van der Waals surface area contributed by atoms with Gasteiger partial charge in [0, 0.05) is 30.2 Å². The second-order valence-electron chi connectivity index (χ2n) is 8.19. The molecule has 5 heteroatoms. The summed E-state index contributed by atoms with van der Waals surface area (Å²) < 4.78 is 7.59. The minimum Gasteiger partial charge on any atom is -0.497 e. The van der Waals surface area contributed by atoms with Crippen molar-refractivity contribution in [3.05, 3.63) is 84.2 Å². The van der Waals surface area contributed by atoms with Crippen LogP contribution in [-0.2, 0) is 13.1 Å². The number of para-hydroxylation sites is 1. The quantitative estimate of drug-likeness (QED) is 0.519. The molecule has 5 nitrogen and oxygen atoms in total. The van der Waals surface area contributed by atoms with Crippen LogP contribution in [0.5, 0.6) is 5.75 Å². The highest BCUT2D eigenvalue weighted by Crippen LogP contribution is 2.25. The van der Waals surface area contributed by atoms with E-state index in [0.717, 1.165) is 36.5 Å². The molecule has 1 aliphatic rings. The molecule has 1 heterocycles. The van der Waals surface area contributed by atoms with Crippen LogP contribution in [0.2, 0.25) is 0 Å². The number of carbonyl (C=O) groups is 1. The lowest BCUT2D eigenvalue weighted by Crippen LogP contribution is -2.43. The number of benzene rings is 2. The van der Waals surface area contributed by atoms with E-state index in [-0.39, 0.29) is 12.1 Å². The molecule has 0 aliphatic heterocycles. The molecule has 0 radical (unpaired) electrons. The third-order valence-electron chi connectivity index (χ3n) is 6.04. The molecule has 2 aromatic carbocycles. The minimum atomic E-state index is -0.0211. The van der Waals surface area contributed by atoms with Crippen molar-refractivity contribution in [2.75, 3.05) is 12.4 Å². The highest BCUT2D eigenvalue weighted by Gasteiger charge is 2.26. The normalized spacial score (nSPS) is 14.2.